The minimum absolute atomic E-state index is 0.00924. The molecule has 0 radical (unpaired) electrons. The number of unbranched alkanes of at least 4 members (excludes halogenated alkanes) is 1. The zero-order valence-corrected chi connectivity index (χ0v) is 11.5. The molecule has 0 aromatic carbocycles. The first-order valence-corrected chi connectivity index (χ1v) is 8.15. The van der Waals surface area contributed by atoms with Gasteiger partial charge in [-0.15, -0.1) is 0 Å². The molecule has 18 heavy (non-hydrogen) atoms. The van der Waals surface area contributed by atoms with E-state index >= 15 is 0 Å². The van der Waals surface area contributed by atoms with E-state index in [1.54, 1.807) is 0 Å². The van der Waals surface area contributed by atoms with Gasteiger partial charge >= 0.3 is 0 Å². The number of hydrogen-bond donors (Lipinski definition) is 1. The Morgan fingerprint density at radius 2 is 1.44 bits per heavy atom. The van der Waals surface area contributed by atoms with Gasteiger partial charge in [-0.1, -0.05) is 25.7 Å². The first-order valence-electron chi connectivity index (χ1n) is 8.15. The Balaban J connectivity index is 1.24. The Labute approximate surface area is 111 Å². The Bertz CT molecular complexity index is 258. The molecule has 1 heterocycles. The molecule has 1 aliphatic heterocycles. The van der Waals surface area contributed by atoms with Gasteiger partial charge in [0.1, 0.15) is 0 Å². The topological polar surface area (TPSA) is 32.8 Å². The van der Waals surface area contributed by atoms with Gasteiger partial charge in [0.2, 0.25) is 0 Å². The van der Waals surface area contributed by atoms with Crippen molar-refractivity contribution in [1.29, 1.82) is 0 Å². The first-order chi connectivity index (χ1) is 8.81. The van der Waals surface area contributed by atoms with Crippen LogP contribution in [0.3, 0.4) is 0 Å². The molecule has 104 valence electrons. The van der Waals surface area contributed by atoms with Crippen LogP contribution in [0.5, 0.6) is 0 Å². The monoisotopic (exact) mass is 252 g/mol. The number of rotatable bonds is 5. The van der Waals surface area contributed by atoms with Gasteiger partial charge in [0, 0.05) is 0 Å². The second-order valence-electron chi connectivity index (χ2n) is 6.85. The summed E-state index contributed by atoms with van der Waals surface area (Å²) in [5, 5.41) is 9.49. The summed E-state index contributed by atoms with van der Waals surface area (Å²) >= 11 is 0. The summed E-state index contributed by atoms with van der Waals surface area (Å²) in [6, 6.07) is 0. The van der Waals surface area contributed by atoms with Crippen molar-refractivity contribution in [3.05, 3.63) is 0 Å². The molecule has 3 atom stereocenters. The molecule has 3 aliphatic rings. The van der Waals surface area contributed by atoms with Crippen LogP contribution in [-0.2, 0) is 4.74 Å². The molecular formula is C16H28O2. The highest BCUT2D eigenvalue weighted by atomic mass is 16.6. The van der Waals surface area contributed by atoms with E-state index < -0.39 is 0 Å². The summed E-state index contributed by atoms with van der Waals surface area (Å²) in [4.78, 5) is 0. The van der Waals surface area contributed by atoms with Crippen molar-refractivity contribution >= 4 is 0 Å². The highest BCUT2D eigenvalue weighted by Gasteiger charge is 2.43. The van der Waals surface area contributed by atoms with Crippen LogP contribution in [0.15, 0.2) is 0 Å². The van der Waals surface area contributed by atoms with E-state index in [0.717, 1.165) is 24.7 Å². The average Bonchev–Trinajstić information content (AvgIpc) is 3.15. The SMILES string of the molecule is OC1CCC(CCCCC2CCC3OC3C2)CC1. The lowest BCUT2D eigenvalue weighted by Crippen LogP contribution is -2.18. The predicted octanol–water partition coefficient (Wildman–Crippen LogP) is 3.67. The molecule has 0 aromatic rings. The highest BCUT2D eigenvalue weighted by molar-refractivity contribution is 4.91. The van der Waals surface area contributed by atoms with Crippen LogP contribution in [-0.4, -0.2) is 23.4 Å². The first kappa shape index (κ1) is 12.9. The lowest BCUT2D eigenvalue weighted by molar-refractivity contribution is 0.105. The lowest BCUT2D eigenvalue weighted by atomic mass is 9.82. The van der Waals surface area contributed by atoms with Gasteiger partial charge in [-0.3, -0.25) is 0 Å². The van der Waals surface area contributed by atoms with Gasteiger partial charge in [-0.25, -0.2) is 0 Å². The number of epoxide rings is 1. The van der Waals surface area contributed by atoms with E-state index in [4.69, 9.17) is 4.74 Å². The molecule has 1 saturated heterocycles. The fourth-order valence-electron chi connectivity index (χ4n) is 4.05. The largest absolute Gasteiger partial charge is 0.393 e. The minimum Gasteiger partial charge on any atom is -0.393 e. The molecule has 2 saturated carbocycles. The fraction of sp³-hybridized carbons (Fsp3) is 1.00. The van der Waals surface area contributed by atoms with Crippen LogP contribution in [0, 0.1) is 11.8 Å². The maximum Gasteiger partial charge on any atom is 0.0844 e. The molecular weight excluding hydrogens is 224 g/mol. The van der Waals surface area contributed by atoms with Crippen LogP contribution in [0.2, 0.25) is 0 Å². The van der Waals surface area contributed by atoms with E-state index in [1.807, 2.05) is 0 Å². The lowest BCUT2D eigenvalue weighted by Gasteiger charge is -2.25. The van der Waals surface area contributed by atoms with E-state index in [1.165, 1.54) is 57.8 Å². The molecule has 0 spiro atoms. The Morgan fingerprint density at radius 3 is 2.17 bits per heavy atom. The summed E-state index contributed by atoms with van der Waals surface area (Å²) in [5.74, 6) is 1.87. The maximum atomic E-state index is 9.49. The summed E-state index contributed by atoms with van der Waals surface area (Å²) in [6.07, 6.45) is 15.7. The van der Waals surface area contributed by atoms with Crippen molar-refractivity contribution in [2.75, 3.05) is 0 Å². The van der Waals surface area contributed by atoms with E-state index in [9.17, 15) is 5.11 Å². The van der Waals surface area contributed by atoms with Crippen molar-refractivity contribution in [3.63, 3.8) is 0 Å². The normalized spacial score (nSPS) is 43.5. The van der Waals surface area contributed by atoms with Crippen molar-refractivity contribution in [2.45, 2.75) is 88.9 Å². The number of aliphatic hydroxyl groups excluding tert-OH is 1. The highest BCUT2D eigenvalue weighted by Crippen LogP contribution is 2.41. The van der Waals surface area contributed by atoms with Crippen molar-refractivity contribution in [3.8, 4) is 0 Å². The van der Waals surface area contributed by atoms with Crippen LogP contribution in [0.4, 0.5) is 0 Å². The second kappa shape index (κ2) is 5.92. The van der Waals surface area contributed by atoms with Crippen molar-refractivity contribution < 1.29 is 9.84 Å². The standard InChI is InChI=1S/C16H28O2/c17-14-8-5-12(6-9-14)3-1-2-4-13-7-10-15-16(11-13)18-15/h12-17H,1-11H2. The molecule has 1 N–H and O–H groups in total. The summed E-state index contributed by atoms with van der Waals surface area (Å²) < 4.78 is 5.60. The zero-order chi connectivity index (χ0) is 12.4. The minimum atomic E-state index is 0.00924. The third kappa shape index (κ3) is 3.48. The third-order valence-corrected chi connectivity index (χ3v) is 5.40. The molecule has 2 aliphatic carbocycles. The zero-order valence-electron chi connectivity index (χ0n) is 11.5. The Kier molecular flexibility index (Phi) is 4.25. The van der Waals surface area contributed by atoms with Crippen molar-refractivity contribution in [1.82, 2.24) is 0 Å². The molecule has 3 fully saturated rings. The van der Waals surface area contributed by atoms with Gasteiger partial charge in [0.05, 0.1) is 18.3 Å². The van der Waals surface area contributed by atoms with E-state index in [2.05, 4.69) is 0 Å². The molecule has 0 amide bonds. The van der Waals surface area contributed by atoms with Crippen LogP contribution in [0.25, 0.3) is 0 Å². The number of fused-ring (bicyclic) bond motifs is 1. The number of ether oxygens (including phenoxy) is 1. The van der Waals surface area contributed by atoms with Gasteiger partial charge in [-0.2, -0.15) is 0 Å². The Hall–Kier alpha value is -0.0800. The van der Waals surface area contributed by atoms with E-state index in [0.29, 0.717) is 12.2 Å². The van der Waals surface area contributed by atoms with E-state index in [-0.39, 0.29) is 6.10 Å². The molecule has 3 rings (SSSR count). The maximum absolute atomic E-state index is 9.49. The van der Waals surface area contributed by atoms with Gasteiger partial charge < -0.3 is 9.84 Å². The molecule has 3 unspecified atom stereocenters. The molecule has 2 nitrogen and oxygen atoms in total. The number of hydrogen-bond acceptors (Lipinski definition) is 2. The van der Waals surface area contributed by atoms with Crippen LogP contribution < -0.4 is 0 Å². The summed E-state index contributed by atoms with van der Waals surface area (Å²) in [6.45, 7) is 0. The molecule has 0 aromatic heterocycles. The molecule has 2 heteroatoms. The second-order valence-corrected chi connectivity index (χ2v) is 6.85. The fourth-order valence-corrected chi connectivity index (χ4v) is 4.05. The third-order valence-electron chi connectivity index (χ3n) is 5.40. The average molecular weight is 252 g/mol. The van der Waals surface area contributed by atoms with Gasteiger partial charge in [0.15, 0.2) is 0 Å². The quantitative estimate of drug-likeness (QED) is 0.598. The predicted molar refractivity (Wildman–Crippen MR) is 72.4 cm³/mol. The Morgan fingerprint density at radius 1 is 0.778 bits per heavy atom. The summed E-state index contributed by atoms with van der Waals surface area (Å²) in [7, 11) is 0. The smallest absolute Gasteiger partial charge is 0.0844 e. The van der Waals surface area contributed by atoms with Crippen LogP contribution >= 0.6 is 0 Å². The van der Waals surface area contributed by atoms with Crippen molar-refractivity contribution in [2.24, 2.45) is 11.8 Å². The van der Waals surface area contributed by atoms with Crippen LogP contribution in [0.1, 0.15) is 70.6 Å². The van der Waals surface area contributed by atoms with Gasteiger partial charge in [-0.05, 0) is 56.8 Å². The molecule has 0 bridgehead atoms. The van der Waals surface area contributed by atoms with Gasteiger partial charge in [0.25, 0.3) is 0 Å². The number of aliphatic hydroxyl groups is 1. The summed E-state index contributed by atoms with van der Waals surface area (Å²) in [5.41, 5.74) is 0.